The average Bonchev–Trinajstić information content (AvgIpc) is 2.70. The second-order valence-electron chi connectivity index (χ2n) is 7.02. The number of piperidine rings is 1. The van der Waals surface area contributed by atoms with Crippen LogP contribution in [0.5, 0.6) is 0 Å². The van der Waals surface area contributed by atoms with Gasteiger partial charge in [0.1, 0.15) is 0 Å². The number of aryl methyl sites for hydroxylation is 2. The van der Waals surface area contributed by atoms with E-state index in [0.29, 0.717) is 0 Å². The molecule has 0 bridgehead atoms. The number of pyridine rings is 1. The summed E-state index contributed by atoms with van der Waals surface area (Å²) < 4.78 is 0. The van der Waals surface area contributed by atoms with Crippen molar-refractivity contribution in [3.8, 4) is 0 Å². The quantitative estimate of drug-likeness (QED) is 0.734. The molecule has 6 nitrogen and oxygen atoms in total. The maximum Gasteiger partial charge on any atom is 0.322 e. The third-order valence-corrected chi connectivity index (χ3v) is 5.16. The normalized spacial score (nSPS) is 17.1. The van der Waals surface area contributed by atoms with Crippen LogP contribution in [-0.2, 0) is 0 Å². The lowest BCUT2D eigenvalue weighted by molar-refractivity contribution is 0.163. The van der Waals surface area contributed by atoms with Gasteiger partial charge >= 0.3 is 6.03 Å². The van der Waals surface area contributed by atoms with Gasteiger partial charge in [-0.15, -0.1) is 0 Å². The Morgan fingerprint density at radius 1 is 1.11 bits per heavy atom. The largest absolute Gasteiger partial charge is 0.322 e. The highest BCUT2D eigenvalue weighted by atomic mass is 16.2. The van der Waals surface area contributed by atoms with Crippen molar-refractivity contribution in [2.45, 2.75) is 39.2 Å². The van der Waals surface area contributed by atoms with E-state index in [-0.39, 0.29) is 12.1 Å². The lowest BCUT2D eigenvalue weighted by Gasteiger charge is -2.35. The lowest BCUT2D eigenvalue weighted by Crippen LogP contribution is -2.41. The molecule has 0 aliphatic carbocycles. The SMILES string of the molecule is Cc1nc2ccc(NC(=O)N3CCCCC3c3cccnc3)cc2nc1C. The van der Waals surface area contributed by atoms with Gasteiger partial charge in [-0.3, -0.25) is 4.98 Å². The van der Waals surface area contributed by atoms with Crippen LogP contribution in [0.3, 0.4) is 0 Å². The first kappa shape index (κ1) is 17.4. The second-order valence-corrected chi connectivity index (χ2v) is 7.02. The average molecular weight is 361 g/mol. The minimum absolute atomic E-state index is 0.0672. The molecule has 0 radical (unpaired) electrons. The molecule has 3 heterocycles. The maximum atomic E-state index is 13.0. The van der Waals surface area contributed by atoms with E-state index < -0.39 is 0 Å². The Morgan fingerprint density at radius 3 is 2.70 bits per heavy atom. The van der Waals surface area contributed by atoms with Crippen molar-refractivity contribution in [3.05, 3.63) is 59.7 Å². The number of aromatic nitrogens is 3. The molecular formula is C21H23N5O. The molecule has 1 N–H and O–H groups in total. The predicted molar refractivity (Wildman–Crippen MR) is 106 cm³/mol. The number of carbonyl (C=O) groups excluding carboxylic acids is 1. The van der Waals surface area contributed by atoms with Gasteiger partial charge in [0.2, 0.25) is 0 Å². The minimum Gasteiger partial charge on any atom is -0.317 e. The molecule has 1 saturated heterocycles. The van der Waals surface area contributed by atoms with Crippen LogP contribution in [0, 0.1) is 13.8 Å². The summed E-state index contributed by atoms with van der Waals surface area (Å²) in [6.07, 6.45) is 6.71. The van der Waals surface area contributed by atoms with Gasteiger partial charge in [0.25, 0.3) is 0 Å². The fourth-order valence-electron chi connectivity index (χ4n) is 3.60. The molecule has 1 aliphatic heterocycles. The van der Waals surface area contributed by atoms with Crippen LogP contribution in [0.15, 0.2) is 42.7 Å². The number of benzene rings is 1. The van der Waals surface area contributed by atoms with E-state index in [1.54, 1.807) is 6.20 Å². The number of hydrogen-bond donors (Lipinski definition) is 1. The molecule has 3 aromatic rings. The number of hydrogen-bond acceptors (Lipinski definition) is 4. The first-order chi connectivity index (χ1) is 13.1. The molecule has 0 saturated carbocycles. The Bertz CT molecular complexity index is 973. The molecule has 2 aromatic heterocycles. The number of urea groups is 1. The molecule has 1 atom stereocenters. The summed E-state index contributed by atoms with van der Waals surface area (Å²) in [6, 6.07) is 9.62. The fraction of sp³-hybridized carbons (Fsp3) is 0.333. The summed E-state index contributed by atoms with van der Waals surface area (Å²) in [5.74, 6) is 0. The maximum absolute atomic E-state index is 13.0. The second kappa shape index (κ2) is 7.31. The van der Waals surface area contributed by atoms with E-state index in [2.05, 4.69) is 20.3 Å². The van der Waals surface area contributed by atoms with Crippen LogP contribution in [0.2, 0.25) is 0 Å². The number of fused-ring (bicyclic) bond motifs is 1. The van der Waals surface area contributed by atoms with Crippen molar-refractivity contribution >= 4 is 22.8 Å². The van der Waals surface area contributed by atoms with Gasteiger partial charge < -0.3 is 10.2 Å². The van der Waals surface area contributed by atoms with Gasteiger partial charge in [0, 0.05) is 24.6 Å². The van der Waals surface area contributed by atoms with Gasteiger partial charge in [0.15, 0.2) is 0 Å². The topological polar surface area (TPSA) is 71.0 Å². The van der Waals surface area contributed by atoms with Crippen molar-refractivity contribution in [2.24, 2.45) is 0 Å². The summed E-state index contributed by atoms with van der Waals surface area (Å²) in [5, 5.41) is 3.04. The molecule has 2 amide bonds. The van der Waals surface area contributed by atoms with Gasteiger partial charge in [-0.1, -0.05) is 6.07 Å². The molecule has 1 aliphatic rings. The van der Waals surface area contributed by atoms with Crippen molar-refractivity contribution < 1.29 is 4.79 Å². The number of likely N-dealkylation sites (tertiary alicyclic amines) is 1. The summed E-state index contributed by atoms with van der Waals surface area (Å²) in [7, 11) is 0. The zero-order valence-corrected chi connectivity index (χ0v) is 15.6. The Hall–Kier alpha value is -3.02. The molecular weight excluding hydrogens is 338 g/mol. The van der Waals surface area contributed by atoms with Gasteiger partial charge in [-0.2, -0.15) is 0 Å². The smallest absolute Gasteiger partial charge is 0.317 e. The summed E-state index contributed by atoms with van der Waals surface area (Å²) in [6.45, 7) is 4.64. The molecule has 4 rings (SSSR count). The third-order valence-electron chi connectivity index (χ3n) is 5.16. The molecule has 27 heavy (non-hydrogen) atoms. The van der Waals surface area contributed by atoms with Crippen molar-refractivity contribution in [3.63, 3.8) is 0 Å². The lowest BCUT2D eigenvalue weighted by atomic mass is 9.97. The van der Waals surface area contributed by atoms with E-state index in [9.17, 15) is 4.79 Å². The third kappa shape index (κ3) is 3.60. The standard InChI is InChI=1S/C21H23N5O/c1-14-15(2)24-19-12-17(8-9-18(19)23-14)25-21(27)26-11-4-3-7-20(26)16-6-5-10-22-13-16/h5-6,8-10,12-13,20H,3-4,7,11H2,1-2H3,(H,25,27). The fourth-order valence-corrected chi connectivity index (χ4v) is 3.60. The van der Waals surface area contributed by atoms with Crippen molar-refractivity contribution in [1.29, 1.82) is 0 Å². The highest BCUT2D eigenvalue weighted by molar-refractivity contribution is 5.92. The van der Waals surface area contributed by atoms with Gasteiger partial charge in [-0.05, 0) is 62.9 Å². The Kier molecular flexibility index (Phi) is 4.71. The number of rotatable bonds is 2. The predicted octanol–water partition coefficient (Wildman–Crippen LogP) is 4.40. The van der Waals surface area contributed by atoms with E-state index in [4.69, 9.17) is 0 Å². The number of nitrogens with one attached hydrogen (secondary N) is 1. The number of amides is 2. The van der Waals surface area contributed by atoms with Crippen LogP contribution < -0.4 is 5.32 Å². The summed E-state index contributed by atoms with van der Waals surface area (Å²) >= 11 is 0. The van der Waals surface area contributed by atoms with E-state index in [1.807, 2.05) is 55.3 Å². The zero-order chi connectivity index (χ0) is 18.8. The number of anilines is 1. The first-order valence-corrected chi connectivity index (χ1v) is 9.34. The number of carbonyl (C=O) groups is 1. The van der Waals surface area contributed by atoms with Crippen molar-refractivity contribution in [2.75, 3.05) is 11.9 Å². The van der Waals surface area contributed by atoms with Gasteiger partial charge in [0.05, 0.1) is 28.5 Å². The summed E-state index contributed by atoms with van der Waals surface area (Å²) in [4.78, 5) is 28.2. The van der Waals surface area contributed by atoms with Crippen LogP contribution in [0.1, 0.15) is 42.3 Å². The Labute approximate surface area is 158 Å². The molecule has 6 heteroatoms. The number of nitrogens with zero attached hydrogens (tertiary/aromatic N) is 4. The Morgan fingerprint density at radius 2 is 1.93 bits per heavy atom. The molecule has 1 aromatic carbocycles. The first-order valence-electron chi connectivity index (χ1n) is 9.34. The van der Waals surface area contributed by atoms with E-state index >= 15 is 0 Å². The highest BCUT2D eigenvalue weighted by Gasteiger charge is 2.28. The molecule has 138 valence electrons. The van der Waals surface area contributed by atoms with E-state index in [1.165, 1.54) is 0 Å². The zero-order valence-electron chi connectivity index (χ0n) is 15.6. The van der Waals surface area contributed by atoms with Crippen molar-refractivity contribution in [1.82, 2.24) is 19.9 Å². The van der Waals surface area contributed by atoms with Crippen LogP contribution >= 0.6 is 0 Å². The summed E-state index contributed by atoms with van der Waals surface area (Å²) in [5.41, 5.74) is 5.27. The monoisotopic (exact) mass is 361 g/mol. The molecule has 1 fully saturated rings. The molecule has 0 spiro atoms. The van der Waals surface area contributed by atoms with Gasteiger partial charge in [-0.25, -0.2) is 14.8 Å². The highest BCUT2D eigenvalue weighted by Crippen LogP contribution is 2.31. The van der Waals surface area contributed by atoms with Crippen LogP contribution in [0.4, 0.5) is 10.5 Å². The van der Waals surface area contributed by atoms with E-state index in [0.717, 1.165) is 59.5 Å². The Balaban J connectivity index is 1.57. The minimum atomic E-state index is -0.0836. The van der Waals surface area contributed by atoms with Crippen LogP contribution in [-0.4, -0.2) is 32.4 Å². The molecule has 1 unspecified atom stereocenters. The van der Waals surface area contributed by atoms with Crippen LogP contribution in [0.25, 0.3) is 11.0 Å².